The van der Waals surface area contributed by atoms with Gasteiger partial charge in [-0.15, -0.1) is 35.3 Å². The highest BCUT2D eigenvalue weighted by Gasteiger charge is 2.20. The molecular formula is C18H33IN4S. The first-order valence-electron chi connectivity index (χ1n) is 8.93. The number of rotatable bonds is 7. The normalized spacial score (nSPS) is 19.8. The number of hydrogen-bond acceptors (Lipinski definition) is 3. The molecular weight excluding hydrogens is 431 g/mol. The summed E-state index contributed by atoms with van der Waals surface area (Å²) >= 11 is 1.89. The first-order chi connectivity index (χ1) is 11.1. The summed E-state index contributed by atoms with van der Waals surface area (Å²) in [5, 5.41) is 6.94. The Morgan fingerprint density at radius 3 is 2.79 bits per heavy atom. The van der Waals surface area contributed by atoms with Crippen LogP contribution in [-0.2, 0) is 6.42 Å². The second-order valence-corrected chi connectivity index (χ2v) is 7.90. The van der Waals surface area contributed by atoms with Gasteiger partial charge in [0.15, 0.2) is 5.96 Å². The molecule has 2 atom stereocenters. The van der Waals surface area contributed by atoms with Crippen molar-refractivity contribution in [1.29, 1.82) is 0 Å². The quantitative estimate of drug-likeness (QED) is 0.369. The Morgan fingerprint density at radius 2 is 2.21 bits per heavy atom. The van der Waals surface area contributed by atoms with Crippen LogP contribution in [0.25, 0.3) is 0 Å². The van der Waals surface area contributed by atoms with Gasteiger partial charge in [-0.2, -0.15) is 0 Å². The highest BCUT2D eigenvalue weighted by molar-refractivity contribution is 14.0. The summed E-state index contributed by atoms with van der Waals surface area (Å²) in [6.45, 7) is 14.2. The molecule has 1 aromatic heterocycles. The summed E-state index contributed by atoms with van der Waals surface area (Å²) in [4.78, 5) is 10.2. The number of hydrogen-bond donors (Lipinski definition) is 2. The standard InChI is InChI=1S/C18H32N4S.HI/c1-5-19-18(20-12-16-9-10-22(6-2)13-16)21-14(3)11-17-8-7-15(4)23-17;/h7-8,14,16H,5-6,9-13H2,1-4H3,(H2,19,20,21);1H. The number of halogens is 1. The van der Waals surface area contributed by atoms with Crippen molar-refractivity contribution in [3.63, 3.8) is 0 Å². The fourth-order valence-electron chi connectivity index (χ4n) is 3.07. The van der Waals surface area contributed by atoms with Gasteiger partial charge in [0, 0.05) is 41.9 Å². The van der Waals surface area contributed by atoms with Crippen LogP contribution in [0, 0.1) is 12.8 Å². The van der Waals surface area contributed by atoms with Gasteiger partial charge >= 0.3 is 0 Å². The maximum atomic E-state index is 4.82. The zero-order valence-electron chi connectivity index (χ0n) is 15.5. The molecule has 1 aliphatic heterocycles. The maximum absolute atomic E-state index is 4.82. The predicted molar refractivity (Wildman–Crippen MR) is 117 cm³/mol. The third-order valence-electron chi connectivity index (χ3n) is 4.36. The first-order valence-corrected chi connectivity index (χ1v) is 9.74. The van der Waals surface area contributed by atoms with Crippen LogP contribution in [0.2, 0.25) is 0 Å². The molecule has 0 radical (unpaired) electrons. The lowest BCUT2D eigenvalue weighted by molar-refractivity contribution is 0.343. The van der Waals surface area contributed by atoms with E-state index in [0.717, 1.165) is 32.0 Å². The van der Waals surface area contributed by atoms with Gasteiger partial charge in [-0.05, 0) is 58.3 Å². The van der Waals surface area contributed by atoms with E-state index in [1.54, 1.807) is 0 Å². The topological polar surface area (TPSA) is 39.7 Å². The number of nitrogens with one attached hydrogen (secondary N) is 2. The average molecular weight is 464 g/mol. The molecule has 1 aromatic rings. The zero-order chi connectivity index (χ0) is 16.7. The largest absolute Gasteiger partial charge is 0.357 e. The van der Waals surface area contributed by atoms with Crippen LogP contribution in [0.4, 0.5) is 0 Å². The Balaban J connectivity index is 0.00000288. The second kappa shape index (κ2) is 11.3. The van der Waals surface area contributed by atoms with Gasteiger partial charge in [0.25, 0.3) is 0 Å². The number of aryl methyl sites for hydroxylation is 1. The molecule has 0 saturated carbocycles. The van der Waals surface area contributed by atoms with Crippen LogP contribution < -0.4 is 10.6 Å². The summed E-state index contributed by atoms with van der Waals surface area (Å²) in [5.74, 6) is 1.67. The van der Waals surface area contributed by atoms with Crippen LogP contribution in [0.3, 0.4) is 0 Å². The highest BCUT2D eigenvalue weighted by Crippen LogP contribution is 2.17. The second-order valence-electron chi connectivity index (χ2n) is 6.53. The third-order valence-corrected chi connectivity index (χ3v) is 5.38. The van der Waals surface area contributed by atoms with Gasteiger partial charge in [-0.25, -0.2) is 0 Å². The average Bonchev–Trinajstić information content (AvgIpc) is 3.14. The van der Waals surface area contributed by atoms with Crippen LogP contribution in [-0.4, -0.2) is 49.6 Å². The van der Waals surface area contributed by atoms with Gasteiger partial charge in [-0.3, -0.25) is 4.99 Å². The van der Waals surface area contributed by atoms with Gasteiger partial charge < -0.3 is 15.5 Å². The van der Waals surface area contributed by atoms with E-state index in [0.29, 0.717) is 12.0 Å². The van der Waals surface area contributed by atoms with Crippen molar-refractivity contribution in [2.24, 2.45) is 10.9 Å². The van der Waals surface area contributed by atoms with E-state index in [4.69, 9.17) is 4.99 Å². The minimum Gasteiger partial charge on any atom is -0.357 e. The van der Waals surface area contributed by atoms with E-state index in [2.05, 4.69) is 55.4 Å². The van der Waals surface area contributed by atoms with Crippen molar-refractivity contribution in [2.45, 2.75) is 46.6 Å². The summed E-state index contributed by atoms with van der Waals surface area (Å²) in [7, 11) is 0. The van der Waals surface area contributed by atoms with E-state index in [1.165, 1.54) is 29.3 Å². The minimum absolute atomic E-state index is 0. The number of thiophene rings is 1. The van der Waals surface area contributed by atoms with Gasteiger partial charge in [0.2, 0.25) is 0 Å². The van der Waals surface area contributed by atoms with E-state index in [-0.39, 0.29) is 24.0 Å². The molecule has 1 aliphatic rings. The van der Waals surface area contributed by atoms with E-state index >= 15 is 0 Å². The molecule has 1 saturated heterocycles. The van der Waals surface area contributed by atoms with Gasteiger partial charge in [-0.1, -0.05) is 6.92 Å². The summed E-state index contributed by atoms with van der Waals surface area (Å²) in [6, 6.07) is 4.83. The molecule has 1 fully saturated rings. The SMILES string of the molecule is CCNC(=NCC1CCN(CC)C1)NC(C)Cc1ccc(C)s1.I. The lowest BCUT2D eigenvalue weighted by Gasteiger charge is -2.18. The molecule has 6 heteroatoms. The highest BCUT2D eigenvalue weighted by atomic mass is 127. The molecule has 0 bridgehead atoms. The van der Waals surface area contributed by atoms with Crippen LogP contribution in [0.15, 0.2) is 17.1 Å². The lowest BCUT2D eigenvalue weighted by atomic mass is 10.1. The maximum Gasteiger partial charge on any atom is 0.191 e. The molecule has 4 nitrogen and oxygen atoms in total. The molecule has 2 unspecified atom stereocenters. The van der Waals surface area contributed by atoms with Crippen molar-refractivity contribution in [2.75, 3.05) is 32.7 Å². The molecule has 2 N–H and O–H groups in total. The Morgan fingerprint density at radius 1 is 1.42 bits per heavy atom. The van der Waals surface area contributed by atoms with Crippen LogP contribution in [0.5, 0.6) is 0 Å². The van der Waals surface area contributed by atoms with Crippen molar-refractivity contribution in [1.82, 2.24) is 15.5 Å². The number of guanidine groups is 1. The van der Waals surface area contributed by atoms with Crippen molar-refractivity contribution in [3.8, 4) is 0 Å². The number of likely N-dealkylation sites (tertiary alicyclic amines) is 1. The van der Waals surface area contributed by atoms with Crippen LogP contribution in [0.1, 0.15) is 36.9 Å². The van der Waals surface area contributed by atoms with Crippen molar-refractivity contribution in [3.05, 3.63) is 21.9 Å². The zero-order valence-corrected chi connectivity index (χ0v) is 18.6. The lowest BCUT2D eigenvalue weighted by Crippen LogP contribution is -2.43. The van der Waals surface area contributed by atoms with Crippen molar-refractivity contribution >= 4 is 41.3 Å². The van der Waals surface area contributed by atoms with Crippen LogP contribution >= 0.6 is 35.3 Å². The van der Waals surface area contributed by atoms with E-state index in [9.17, 15) is 0 Å². The van der Waals surface area contributed by atoms with E-state index in [1.807, 2.05) is 11.3 Å². The molecule has 0 aliphatic carbocycles. The Labute approximate surface area is 168 Å². The molecule has 24 heavy (non-hydrogen) atoms. The van der Waals surface area contributed by atoms with Gasteiger partial charge in [0.1, 0.15) is 0 Å². The first kappa shape index (κ1) is 21.7. The molecule has 138 valence electrons. The Kier molecular flexibility index (Phi) is 10.2. The third kappa shape index (κ3) is 7.27. The Hall–Kier alpha value is -0.340. The fourth-order valence-corrected chi connectivity index (χ4v) is 4.09. The molecule has 0 spiro atoms. The van der Waals surface area contributed by atoms with Gasteiger partial charge in [0.05, 0.1) is 0 Å². The van der Waals surface area contributed by atoms with E-state index < -0.39 is 0 Å². The molecule has 2 rings (SSSR count). The minimum atomic E-state index is 0. The summed E-state index contributed by atoms with van der Waals surface area (Å²) in [5.41, 5.74) is 0. The fraction of sp³-hybridized carbons (Fsp3) is 0.722. The summed E-state index contributed by atoms with van der Waals surface area (Å²) < 4.78 is 0. The Bertz CT molecular complexity index is 503. The number of aliphatic imine (C=N–C) groups is 1. The molecule has 0 aromatic carbocycles. The monoisotopic (exact) mass is 464 g/mol. The van der Waals surface area contributed by atoms with Crippen molar-refractivity contribution < 1.29 is 0 Å². The summed E-state index contributed by atoms with van der Waals surface area (Å²) in [6.07, 6.45) is 2.33. The predicted octanol–water partition coefficient (Wildman–Crippen LogP) is 3.50. The number of nitrogens with zero attached hydrogens (tertiary/aromatic N) is 2. The molecule has 0 amide bonds. The molecule has 2 heterocycles. The smallest absolute Gasteiger partial charge is 0.191 e.